The van der Waals surface area contributed by atoms with Crippen LogP contribution >= 0.6 is 0 Å². The Hall–Kier alpha value is -3.49. The number of benzene rings is 3. The van der Waals surface area contributed by atoms with Gasteiger partial charge in [-0.3, -0.25) is 9.59 Å². The smallest absolute Gasteiger partial charge is 0.258 e. The molecule has 162 valence electrons. The molecule has 2 heterocycles. The molecule has 3 aromatic rings. The van der Waals surface area contributed by atoms with Gasteiger partial charge in [0.25, 0.3) is 11.8 Å². The third kappa shape index (κ3) is 3.47. The van der Waals surface area contributed by atoms with Crippen molar-refractivity contribution in [3.63, 3.8) is 0 Å². The first-order chi connectivity index (χ1) is 15.5. The molecule has 1 fully saturated rings. The average molecular weight is 448 g/mol. The van der Waals surface area contributed by atoms with E-state index in [1.165, 1.54) is 11.0 Å². The summed E-state index contributed by atoms with van der Waals surface area (Å²) in [6, 6.07) is 22.9. The summed E-state index contributed by atoms with van der Waals surface area (Å²) in [5.74, 6) is -0.501. The number of carbonyl (C=O) groups excluding carboxylic acids is 2. The number of nitrogens with zero attached hydrogens (tertiary/aromatic N) is 2. The van der Waals surface area contributed by atoms with Crippen LogP contribution in [0.5, 0.6) is 0 Å². The van der Waals surface area contributed by atoms with Crippen LogP contribution < -0.4 is 9.62 Å². The molecule has 0 bridgehead atoms. The average Bonchev–Trinajstić information content (AvgIpc) is 3.19. The summed E-state index contributed by atoms with van der Waals surface area (Å²) in [6.45, 7) is 0.387. The van der Waals surface area contributed by atoms with Gasteiger partial charge in [0.2, 0.25) is 10.0 Å². The Balaban J connectivity index is 1.59. The summed E-state index contributed by atoms with van der Waals surface area (Å²) >= 11 is 0. The molecule has 0 aliphatic carbocycles. The predicted octanol–water partition coefficient (Wildman–Crippen LogP) is 2.52. The highest BCUT2D eigenvalue weighted by molar-refractivity contribution is 7.89. The molecule has 3 aromatic carbocycles. The maximum Gasteiger partial charge on any atom is 0.258 e. The van der Waals surface area contributed by atoms with Crippen molar-refractivity contribution in [1.29, 1.82) is 0 Å². The summed E-state index contributed by atoms with van der Waals surface area (Å²) < 4.78 is 29.0. The lowest BCUT2D eigenvalue weighted by molar-refractivity contribution is 0.0785. The van der Waals surface area contributed by atoms with Crippen LogP contribution in [0.25, 0.3) is 0 Å². The monoisotopic (exact) mass is 447 g/mol. The highest BCUT2D eigenvalue weighted by Gasteiger charge is 2.47. The van der Waals surface area contributed by atoms with Gasteiger partial charge in [0.05, 0.1) is 17.8 Å². The molecule has 32 heavy (non-hydrogen) atoms. The minimum atomic E-state index is -3.88. The zero-order valence-corrected chi connectivity index (χ0v) is 17.9. The SMILES string of the molecule is O=C(c1ccccc1)N1C[C@@H]2NS(=O)(=O)c3ccccc3N(C(=O)c3ccccc3)[C@@H]2C1. The van der Waals surface area contributed by atoms with Gasteiger partial charge in [0.15, 0.2) is 0 Å². The molecule has 7 nitrogen and oxygen atoms in total. The third-order valence-electron chi connectivity index (χ3n) is 5.89. The van der Waals surface area contributed by atoms with Crippen molar-refractivity contribution in [2.45, 2.75) is 17.0 Å². The largest absolute Gasteiger partial charge is 0.335 e. The fourth-order valence-corrected chi connectivity index (χ4v) is 5.85. The number of carbonyl (C=O) groups is 2. The Kier molecular flexibility index (Phi) is 5.03. The lowest BCUT2D eigenvalue weighted by atomic mass is 10.1. The maximum absolute atomic E-state index is 13.6. The van der Waals surface area contributed by atoms with Crippen LogP contribution in [-0.4, -0.2) is 50.3 Å². The number of hydrogen-bond acceptors (Lipinski definition) is 4. The van der Waals surface area contributed by atoms with Gasteiger partial charge in [-0.2, -0.15) is 0 Å². The molecule has 5 rings (SSSR count). The van der Waals surface area contributed by atoms with Gasteiger partial charge in [0, 0.05) is 24.2 Å². The van der Waals surface area contributed by atoms with Crippen LogP contribution in [-0.2, 0) is 10.0 Å². The summed E-state index contributed by atoms with van der Waals surface area (Å²) in [5, 5.41) is 0. The van der Waals surface area contributed by atoms with Crippen molar-refractivity contribution in [1.82, 2.24) is 9.62 Å². The van der Waals surface area contributed by atoms with Gasteiger partial charge in [0.1, 0.15) is 4.90 Å². The van der Waals surface area contributed by atoms with E-state index >= 15 is 0 Å². The molecule has 2 aliphatic heterocycles. The Bertz CT molecular complexity index is 1280. The van der Waals surface area contributed by atoms with Crippen LogP contribution in [0, 0.1) is 0 Å². The Morgan fingerprint density at radius 2 is 1.31 bits per heavy atom. The molecular weight excluding hydrogens is 426 g/mol. The first-order valence-corrected chi connectivity index (χ1v) is 11.8. The number of fused-ring (bicyclic) bond motifs is 2. The van der Waals surface area contributed by atoms with E-state index < -0.39 is 22.1 Å². The van der Waals surface area contributed by atoms with Gasteiger partial charge in [-0.25, -0.2) is 13.1 Å². The van der Waals surface area contributed by atoms with E-state index in [1.807, 2.05) is 12.1 Å². The van der Waals surface area contributed by atoms with Crippen LogP contribution in [0.1, 0.15) is 20.7 Å². The summed E-state index contributed by atoms with van der Waals surface area (Å²) in [6.07, 6.45) is 0. The molecular formula is C24H21N3O4S. The van der Waals surface area contributed by atoms with Gasteiger partial charge in [-0.05, 0) is 36.4 Å². The molecule has 0 saturated carbocycles. The maximum atomic E-state index is 13.6. The quantitative estimate of drug-likeness (QED) is 0.654. The van der Waals surface area contributed by atoms with Gasteiger partial charge >= 0.3 is 0 Å². The standard InChI is InChI=1S/C24H21N3O4S/c28-23(17-9-3-1-4-10-17)26-15-19-21(16-26)27(24(29)18-11-5-2-6-12-18)20-13-7-8-14-22(20)32(30,31)25-19/h1-14,19,21,25H,15-16H2/t19-,21+/m0/s1. The van der Waals surface area contributed by atoms with Crippen molar-refractivity contribution in [2.75, 3.05) is 18.0 Å². The van der Waals surface area contributed by atoms with Crippen LogP contribution in [0.4, 0.5) is 5.69 Å². The van der Waals surface area contributed by atoms with E-state index in [0.29, 0.717) is 16.8 Å². The second-order valence-corrected chi connectivity index (χ2v) is 9.56. The molecule has 0 aromatic heterocycles. The minimum Gasteiger partial charge on any atom is -0.335 e. The normalized spacial score (nSPS) is 21.4. The molecule has 0 spiro atoms. The Morgan fingerprint density at radius 3 is 1.97 bits per heavy atom. The number of likely N-dealkylation sites (tertiary alicyclic amines) is 1. The van der Waals surface area contributed by atoms with E-state index in [0.717, 1.165) is 0 Å². The van der Waals surface area contributed by atoms with E-state index in [4.69, 9.17) is 0 Å². The van der Waals surface area contributed by atoms with E-state index in [-0.39, 0.29) is 29.8 Å². The highest BCUT2D eigenvalue weighted by Crippen LogP contribution is 2.35. The molecule has 0 unspecified atom stereocenters. The number of sulfonamides is 1. The Morgan fingerprint density at radius 1 is 0.750 bits per heavy atom. The fourth-order valence-electron chi connectivity index (χ4n) is 4.40. The topological polar surface area (TPSA) is 86.8 Å². The number of para-hydroxylation sites is 1. The first kappa shape index (κ1) is 20.4. The fraction of sp³-hybridized carbons (Fsp3) is 0.167. The second-order valence-electron chi connectivity index (χ2n) is 7.88. The van der Waals surface area contributed by atoms with Crippen molar-refractivity contribution in [2.24, 2.45) is 0 Å². The third-order valence-corrected chi connectivity index (χ3v) is 7.43. The zero-order chi connectivity index (χ0) is 22.3. The molecule has 2 amide bonds. The molecule has 0 radical (unpaired) electrons. The van der Waals surface area contributed by atoms with Gasteiger partial charge < -0.3 is 9.80 Å². The van der Waals surface area contributed by atoms with Crippen LogP contribution in [0.15, 0.2) is 89.8 Å². The van der Waals surface area contributed by atoms with E-state index in [1.54, 1.807) is 71.6 Å². The number of amides is 2. The molecule has 1 saturated heterocycles. The van der Waals surface area contributed by atoms with E-state index in [2.05, 4.69) is 4.72 Å². The first-order valence-electron chi connectivity index (χ1n) is 10.3. The number of hydrogen-bond donors (Lipinski definition) is 1. The summed E-state index contributed by atoms with van der Waals surface area (Å²) in [4.78, 5) is 29.9. The molecule has 2 atom stereocenters. The minimum absolute atomic E-state index is 0.0552. The van der Waals surface area contributed by atoms with Gasteiger partial charge in [-0.1, -0.05) is 48.5 Å². The highest BCUT2D eigenvalue weighted by atomic mass is 32.2. The molecule has 2 aliphatic rings. The van der Waals surface area contributed by atoms with Crippen molar-refractivity contribution < 1.29 is 18.0 Å². The zero-order valence-electron chi connectivity index (χ0n) is 17.1. The summed E-state index contributed by atoms with van der Waals surface area (Å²) in [5.41, 5.74) is 1.29. The lowest BCUT2D eigenvalue weighted by Crippen LogP contribution is -2.51. The summed E-state index contributed by atoms with van der Waals surface area (Å²) in [7, 11) is -3.88. The number of nitrogens with one attached hydrogen (secondary N) is 1. The van der Waals surface area contributed by atoms with E-state index in [9.17, 15) is 18.0 Å². The molecule has 1 N–H and O–H groups in total. The van der Waals surface area contributed by atoms with Crippen LogP contribution in [0.2, 0.25) is 0 Å². The van der Waals surface area contributed by atoms with Crippen LogP contribution in [0.3, 0.4) is 0 Å². The number of rotatable bonds is 2. The van der Waals surface area contributed by atoms with Crippen molar-refractivity contribution in [3.8, 4) is 0 Å². The predicted molar refractivity (Wildman–Crippen MR) is 120 cm³/mol. The lowest BCUT2D eigenvalue weighted by Gasteiger charge is -2.30. The Labute approximate surface area is 186 Å². The number of anilines is 1. The van der Waals surface area contributed by atoms with Gasteiger partial charge in [-0.15, -0.1) is 0 Å². The second kappa shape index (κ2) is 7.89. The molecule has 8 heteroatoms. The van der Waals surface area contributed by atoms with Crippen molar-refractivity contribution >= 4 is 27.5 Å². The van der Waals surface area contributed by atoms with Crippen molar-refractivity contribution in [3.05, 3.63) is 96.1 Å².